The van der Waals surface area contributed by atoms with E-state index in [2.05, 4.69) is 32.1 Å². The maximum absolute atomic E-state index is 12.3. The van der Waals surface area contributed by atoms with E-state index < -0.39 is 5.91 Å². The van der Waals surface area contributed by atoms with Crippen LogP contribution in [0.3, 0.4) is 0 Å². The quantitative estimate of drug-likeness (QED) is 0.293. The van der Waals surface area contributed by atoms with Crippen molar-refractivity contribution < 1.29 is 23.8 Å². The molecule has 0 aliphatic rings. The maximum Gasteiger partial charge on any atom is 0.257 e. The summed E-state index contributed by atoms with van der Waals surface area (Å²) in [5.41, 5.74) is 6.14. The number of carbonyl (C=O) groups is 2. The van der Waals surface area contributed by atoms with Crippen molar-refractivity contribution in [2.75, 3.05) is 27.4 Å². The molecule has 2 amide bonds. The zero-order valence-electron chi connectivity index (χ0n) is 16.5. The number of benzene rings is 2. The highest BCUT2D eigenvalue weighted by Crippen LogP contribution is 2.26. The van der Waals surface area contributed by atoms with Crippen molar-refractivity contribution in [2.45, 2.75) is 6.42 Å². The smallest absolute Gasteiger partial charge is 0.257 e. The van der Waals surface area contributed by atoms with E-state index >= 15 is 0 Å². The van der Waals surface area contributed by atoms with Crippen molar-refractivity contribution >= 4 is 45.1 Å². The Morgan fingerprint density at radius 3 is 2.40 bits per heavy atom. The molecule has 2 aromatic carbocycles. The van der Waals surface area contributed by atoms with Crippen LogP contribution in [0, 0.1) is 0 Å². The molecule has 2 rings (SSSR count). The average Bonchev–Trinajstić information content (AvgIpc) is 2.74. The van der Waals surface area contributed by atoms with Crippen LogP contribution in [0.1, 0.15) is 15.9 Å². The van der Waals surface area contributed by atoms with Gasteiger partial charge in [-0.05, 0) is 64.0 Å². The molecule has 0 aliphatic carbocycles. The summed E-state index contributed by atoms with van der Waals surface area (Å²) in [7, 11) is 3.16. The van der Waals surface area contributed by atoms with Gasteiger partial charge >= 0.3 is 0 Å². The van der Waals surface area contributed by atoms with Gasteiger partial charge in [0.15, 0.2) is 5.11 Å². The third kappa shape index (κ3) is 7.62. The summed E-state index contributed by atoms with van der Waals surface area (Å²) >= 11 is 8.42. The number of ether oxygens (including phenoxy) is 3. The predicted octanol–water partition coefficient (Wildman–Crippen LogP) is 2.36. The third-order valence-electron chi connectivity index (χ3n) is 3.81. The molecule has 0 bridgehead atoms. The summed E-state index contributed by atoms with van der Waals surface area (Å²) in [6, 6.07) is 12.0. The minimum absolute atomic E-state index is 0.0281. The Balaban J connectivity index is 1.80. The third-order valence-corrected chi connectivity index (χ3v) is 4.63. The van der Waals surface area contributed by atoms with Gasteiger partial charge in [0.2, 0.25) is 5.91 Å². The normalized spacial score (nSPS) is 10.1. The van der Waals surface area contributed by atoms with Gasteiger partial charge in [0.1, 0.15) is 18.1 Å². The minimum Gasteiger partial charge on any atom is -0.497 e. The number of hydrogen-bond donors (Lipinski definition) is 3. The molecule has 0 radical (unpaired) electrons. The number of carbonyl (C=O) groups excluding carboxylic acids is 2. The molecule has 0 atom stereocenters. The van der Waals surface area contributed by atoms with Crippen molar-refractivity contribution in [2.24, 2.45) is 0 Å². The number of thiocarbonyl (C=S) groups is 1. The molecule has 10 heteroatoms. The Bertz CT molecular complexity index is 893. The van der Waals surface area contributed by atoms with Crippen LogP contribution < -0.4 is 25.6 Å². The molecule has 0 saturated carbocycles. The summed E-state index contributed by atoms with van der Waals surface area (Å²) in [5.74, 6) is 0.565. The van der Waals surface area contributed by atoms with E-state index in [1.807, 2.05) is 0 Å². The van der Waals surface area contributed by atoms with Crippen LogP contribution in [0.2, 0.25) is 0 Å². The van der Waals surface area contributed by atoms with Gasteiger partial charge in [-0.25, -0.2) is 0 Å². The Morgan fingerprint density at radius 2 is 1.77 bits per heavy atom. The van der Waals surface area contributed by atoms with E-state index in [0.29, 0.717) is 34.7 Å². The van der Waals surface area contributed by atoms with Crippen LogP contribution in [-0.2, 0) is 16.0 Å². The molecule has 2 aromatic rings. The van der Waals surface area contributed by atoms with Gasteiger partial charge in [-0.2, -0.15) is 0 Å². The van der Waals surface area contributed by atoms with E-state index in [4.69, 9.17) is 26.4 Å². The largest absolute Gasteiger partial charge is 0.497 e. The molecule has 0 aromatic heterocycles. The van der Waals surface area contributed by atoms with Gasteiger partial charge in [0, 0.05) is 12.7 Å². The Morgan fingerprint density at radius 1 is 1.03 bits per heavy atom. The first-order valence-corrected chi connectivity index (χ1v) is 10.1. The first-order chi connectivity index (χ1) is 14.4. The Kier molecular flexibility index (Phi) is 9.52. The minimum atomic E-state index is -0.430. The van der Waals surface area contributed by atoms with E-state index in [1.165, 1.54) is 0 Å². The molecule has 3 N–H and O–H groups in total. The Labute approximate surface area is 188 Å². The number of halogens is 1. The first-order valence-electron chi connectivity index (χ1n) is 8.87. The van der Waals surface area contributed by atoms with Gasteiger partial charge in [0.05, 0.1) is 24.6 Å². The number of methoxy groups -OCH3 is 2. The van der Waals surface area contributed by atoms with Crippen LogP contribution in [0.5, 0.6) is 11.5 Å². The van der Waals surface area contributed by atoms with Crippen LogP contribution >= 0.6 is 28.1 Å². The lowest BCUT2D eigenvalue weighted by molar-refractivity contribution is -0.121. The lowest BCUT2D eigenvalue weighted by Gasteiger charge is -2.12. The van der Waals surface area contributed by atoms with Gasteiger partial charge in [-0.15, -0.1) is 0 Å². The second kappa shape index (κ2) is 12.1. The zero-order valence-corrected chi connectivity index (χ0v) is 18.9. The summed E-state index contributed by atoms with van der Waals surface area (Å²) in [6.45, 7) is 0.851. The van der Waals surface area contributed by atoms with Gasteiger partial charge in [-0.1, -0.05) is 12.1 Å². The fourth-order valence-electron chi connectivity index (χ4n) is 2.30. The first kappa shape index (κ1) is 23.6. The van der Waals surface area contributed by atoms with Crippen LogP contribution in [0.25, 0.3) is 0 Å². The van der Waals surface area contributed by atoms with Crippen LogP contribution in [0.15, 0.2) is 46.9 Å². The number of amides is 2. The van der Waals surface area contributed by atoms with Crippen molar-refractivity contribution in [1.29, 1.82) is 0 Å². The van der Waals surface area contributed by atoms with Gasteiger partial charge in [0.25, 0.3) is 5.91 Å². The molecule has 0 aliphatic heterocycles. The molecule has 8 nitrogen and oxygen atoms in total. The van der Waals surface area contributed by atoms with E-state index in [-0.39, 0.29) is 17.4 Å². The molecule has 30 heavy (non-hydrogen) atoms. The zero-order chi connectivity index (χ0) is 21.9. The van der Waals surface area contributed by atoms with Gasteiger partial charge in [-0.3, -0.25) is 25.8 Å². The molecular weight excluding hydrogens is 474 g/mol. The van der Waals surface area contributed by atoms with Crippen molar-refractivity contribution in [3.8, 4) is 11.5 Å². The van der Waals surface area contributed by atoms with Crippen LogP contribution in [0.4, 0.5) is 0 Å². The molecule has 0 fully saturated rings. The van der Waals surface area contributed by atoms with E-state index in [0.717, 1.165) is 5.56 Å². The highest BCUT2D eigenvalue weighted by atomic mass is 79.9. The number of rotatable bonds is 8. The van der Waals surface area contributed by atoms with E-state index in [9.17, 15) is 9.59 Å². The fraction of sp³-hybridized carbons (Fsp3) is 0.250. The Hall–Kier alpha value is -2.69. The highest BCUT2D eigenvalue weighted by molar-refractivity contribution is 9.10. The average molecular weight is 496 g/mol. The molecular formula is C20H22BrN3O5S. The summed E-state index contributed by atoms with van der Waals surface area (Å²) < 4.78 is 16.2. The topological polar surface area (TPSA) is 97.9 Å². The monoisotopic (exact) mass is 495 g/mol. The second-order valence-corrected chi connectivity index (χ2v) is 7.23. The number of nitrogens with one attached hydrogen (secondary N) is 3. The lowest BCUT2D eigenvalue weighted by atomic mass is 10.1. The summed E-state index contributed by atoms with van der Waals surface area (Å²) in [5, 5.41) is 2.47. The van der Waals surface area contributed by atoms with Crippen molar-refractivity contribution in [3.63, 3.8) is 0 Å². The summed E-state index contributed by atoms with van der Waals surface area (Å²) in [4.78, 5) is 24.3. The van der Waals surface area contributed by atoms with E-state index in [1.54, 1.807) is 56.7 Å². The van der Waals surface area contributed by atoms with Crippen molar-refractivity contribution in [1.82, 2.24) is 16.2 Å². The number of hydrogen-bond acceptors (Lipinski definition) is 6. The highest BCUT2D eigenvalue weighted by Gasteiger charge is 2.12. The van der Waals surface area contributed by atoms with Crippen molar-refractivity contribution in [3.05, 3.63) is 58.1 Å². The van der Waals surface area contributed by atoms with Crippen LogP contribution in [-0.4, -0.2) is 44.4 Å². The summed E-state index contributed by atoms with van der Waals surface area (Å²) in [6.07, 6.45) is 0.144. The predicted molar refractivity (Wildman–Crippen MR) is 120 cm³/mol. The molecule has 0 heterocycles. The molecule has 0 unspecified atom stereocenters. The standard InChI is InChI=1S/C20H22BrN3O5S/c1-27-9-10-29-17-8-5-14(12-16(17)21)19(26)22-20(30)24-23-18(25)11-13-3-6-15(28-2)7-4-13/h3-8,12H,9-11H2,1-2H3,(H,23,25)(H2,22,24,26,30). The lowest BCUT2D eigenvalue weighted by Crippen LogP contribution is -2.48. The number of hydrazine groups is 1. The molecule has 160 valence electrons. The van der Waals surface area contributed by atoms with Gasteiger partial charge < -0.3 is 14.2 Å². The molecule has 0 spiro atoms. The SMILES string of the molecule is COCCOc1ccc(C(=O)NC(=S)NNC(=O)Cc2ccc(OC)cc2)cc1Br. The second-order valence-electron chi connectivity index (χ2n) is 5.97. The fourth-order valence-corrected chi connectivity index (χ4v) is 2.94. The molecule has 0 saturated heterocycles. The maximum atomic E-state index is 12.3.